The number of rotatable bonds is 9. The number of hydrogen-bond donors (Lipinski definition) is 0. The van der Waals surface area contributed by atoms with E-state index in [1.165, 1.54) is 30.7 Å². The van der Waals surface area contributed by atoms with E-state index in [1.54, 1.807) is 0 Å². The summed E-state index contributed by atoms with van der Waals surface area (Å²) in [4.78, 5) is 24.2. The number of benzene rings is 1. The van der Waals surface area contributed by atoms with Crippen molar-refractivity contribution in [3.8, 4) is 0 Å². The highest BCUT2D eigenvalue weighted by molar-refractivity contribution is 6.82. The molecule has 0 atom stereocenters. The zero-order valence-electron chi connectivity index (χ0n) is 19.7. The van der Waals surface area contributed by atoms with E-state index in [4.69, 9.17) is 9.47 Å². The van der Waals surface area contributed by atoms with Crippen LogP contribution in [0.4, 0.5) is 0 Å². The third-order valence-corrected chi connectivity index (χ3v) is 13.4. The van der Waals surface area contributed by atoms with Crippen LogP contribution in [0.15, 0.2) is 30.5 Å². The SMILES string of the molecule is COC(=O)C(CCc1cn([Si](C(C)C)(C(C)C)C(C)C)c2ccccc12)C(=O)OC. The van der Waals surface area contributed by atoms with Crippen LogP contribution < -0.4 is 0 Å². The van der Waals surface area contributed by atoms with E-state index in [9.17, 15) is 9.59 Å². The molecular weight excluding hydrogens is 394 g/mol. The smallest absolute Gasteiger partial charge is 0.320 e. The average Bonchev–Trinajstić information content (AvgIpc) is 3.06. The molecule has 0 spiro atoms. The lowest BCUT2D eigenvalue weighted by Crippen LogP contribution is -2.51. The fourth-order valence-corrected chi connectivity index (χ4v) is 12.2. The van der Waals surface area contributed by atoms with E-state index in [1.807, 2.05) is 0 Å². The van der Waals surface area contributed by atoms with Gasteiger partial charge < -0.3 is 13.7 Å². The zero-order chi connectivity index (χ0) is 22.6. The summed E-state index contributed by atoms with van der Waals surface area (Å²) in [5.74, 6) is -1.98. The monoisotopic (exact) mass is 431 g/mol. The molecule has 6 heteroatoms. The molecule has 5 nitrogen and oxygen atoms in total. The number of ether oxygens (including phenoxy) is 2. The Hall–Kier alpha value is -2.08. The molecule has 0 aliphatic carbocycles. The molecule has 0 saturated heterocycles. The molecule has 0 unspecified atom stereocenters. The number of carbonyl (C=O) groups is 2. The molecular formula is C24H37NO4Si. The fraction of sp³-hybridized carbons (Fsp3) is 0.583. The van der Waals surface area contributed by atoms with Crippen molar-refractivity contribution in [2.75, 3.05) is 14.2 Å². The molecule has 0 amide bonds. The van der Waals surface area contributed by atoms with Gasteiger partial charge in [-0.3, -0.25) is 9.59 Å². The number of aryl methyl sites for hydroxylation is 1. The molecule has 1 heterocycles. The minimum absolute atomic E-state index is 0.368. The summed E-state index contributed by atoms with van der Waals surface area (Å²) in [6.45, 7) is 14.1. The van der Waals surface area contributed by atoms with Gasteiger partial charge >= 0.3 is 11.9 Å². The lowest BCUT2D eigenvalue weighted by molar-refractivity contribution is -0.159. The number of aromatic nitrogens is 1. The maximum Gasteiger partial charge on any atom is 0.320 e. The highest BCUT2D eigenvalue weighted by Crippen LogP contribution is 2.45. The molecule has 2 aromatic rings. The predicted molar refractivity (Wildman–Crippen MR) is 124 cm³/mol. The van der Waals surface area contributed by atoms with E-state index in [-0.39, 0.29) is 0 Å². The first-order chi connectivity index (χ1) is 14.1. The first-order valence-corrected chi connectivity index (χ1v) is 13.1. The van der Waals surface area contributed by atoms with Crippen molar-refractivity contribution < 1.29 is 19.1 Å². The summed E-state index contributed by atoms with van der Waals surface area (Å²) in [7, 11) is 0.680. The van der Waals surface area contributed by atoms with Gasteiger partial charge in [0.05, 0.1) is 14.2 Å². The van der Waals surface area contributed by atoms with E-state index >= 15 is 0 Å². The Labute approximate surface area is 181 Å². The van der Waals surface area contributed by atoms with Crippen LogP contribution in [0.5, 0.6) is 0 Å². The van der Waals surface area contributed by atoms with Gasteiger partial charge in [0.2, 0.25) is 0 Å². The first-order valence-electron chi connectivity index (χ1n) is 10.9. The standard InChI is InChI=1S/C24H37NO4Si/c1-16(2)30(17(3)4,18(5)6)25-15-19(20-11-9-10-12-22(20)25)13-14-21(23(26)28-7)24(27)29-8/h9-12,15-18,21H,13-14H2,1-8H3. The number of para-hydroxylation sites is 1. The van der Waals surface area contributed by atoms with Crippen LogP contribution in [-0.2, 0) is 25.5 Å². The molecule has 1 aromatic carbocycles. The van der Waals surface area contributed by atoms with E-state index in [0.29, 0.717) is 29.5 Å². The van der Waals surface area contributed by atoms with Crippen molar-refractivity contribution in [1.29, 1.82) is 0 Å². The molecule has 30 heavy (non-hydrogen) atoms. The molecule has 166 valence electrons. The summed E-state index contributed by atoms with van der Waals surface area (Å²) in [6.07, 6.45) is 3.27. The third kappa shape index (κ3) is 4.20. The number of carbonyl (C=O) groups excluding carboxylic acids is 2. The van der Waals surface area contributed by atoms with Crippen molar-refractivity contribution in [2.45, 2.75) is 71.0 Å². The molecule has 0 bridgehead atoms. The summed E-state index contributed by atoms with van der Waals surface area (Å²) in [5, 5.41) is 1.20. The molecule has 0 N–H and O–H groups in total. The largest absolute Gasteiger partial charge is 0.468 e. The van der Waals surface area contributed by atoms with Crippen LogP contribution in [0, 0.1) is 5.92 Å². The molecule has 0 fully saturated rings. The fourth-order valence-electron chi connectivity index (χ4n) is 5.52. The Morgan fingerprint density at radius 1 is 0.900 bits per heavy atom. The topological polar surface area (TPSA) is 57.5 Å². The highest BCUT2D eigenvalue weighted by Gasteiger charge is 2.46. The number of esters is 2. The minimum Gasteiger partial charge on any atom is -0.468 e. The Bertz CT molecular complexity index is 847. The summed E-state index contributed by atoms with van der Waals surface area (Å²) in [6, 6.07) is 8.49. The van der Waals surface area contributed by atoms with Crippen molar-refractivity contribution in [2.24, 2.45) is 5.92 Å². The van der Waals surface area contributed by atoms with Gasteiger partial charge in [-0.05, 0) is 47.3 Å². The van der Waals surface area contributed by atoms with Crippen LogP contribution in [-0.4, -0.2) is 38.6 Å². The van der Waals surface area contributed by atoms with E-state index in [2.05, 4.69) is 76.2 Å². The Morgan fingerprint density at radius 2 is 1.40 bits per heavy atom. The van der Waals surface area contributed by atoms with Gasteiger partial charge in [0.25, 0.3) is 0 Å². The summed E-state index contributed by atoms with van der Waals surface area (Å²) in [5.41, 5.74) is 4.13. The first kappa shape index (κ1) is 24.2. The van der Waals surface area contributed by atoms with Crippen LogP contribution in [0.3, 0.4) is 0 Å². The maximum atomic E-state index is 12.1. The molecule has 0 saturated carbocycles. The van der Waals surface area contributed by atoms with Crippen LogP contribution in [0.2, 0.25) is 16.6 Å². The zero-order valence-corrected chi connectivity index (χ0v) is 20.7. The van der Waals surface area contributed by atoms with Gasteiger partial charge in [-0.25, -0.2) is 0 Å². The molecule has 0 aliphatic heterocycles. The van der Waals surface area contributed by atoms with Crippen molar-refractivity contribution >= 4 is 31.1 Å². The molecule has 0 radical (unpaired) electrons. The average molecular weight is 432 g/mol. The highest BCUT2D eigenvalue weighted by atomic mass is 28.3. The van der Waals surface area contributed by atoms with Gasteiger partial charge in [0, 0.05) is 10.9 Å². The third-order valence-electron chi connectivity index (χ3n) is 6.66. The quantitative estimate of drug-likeness (QED) is 0.296. The van der Waals surface area contributed by atoms with Crippen molar-refractivity contribution in [3.05, 3.63) is 36.0 Å². The Morgan fingerprint density at radius 3 is 1.87 bits per heavy atom. The Balaban J connectivity index is 2.57. The number of fused-ring (bicyclic) bond motifs is 1. The normalized spacial score (nSPS) is 12.4. The van der Waals surface area contributed by atoms with Gasteiger partial charge in [0.1, 0.15) is 0 Å². The summed E-state index contributed by atoms with van der Waals surface area (Å²) >= 11 is 0. The number of nitrogens with zero attached hydrogens (tertiary/aromatic N) is 1. The molecule has 0 aliphatic rings. The maximum absolute atomic E-state index is 12.1. The number of hydrogen-bond acceptors (Lipinski definition) is 4. The van der Waals surface area contributed by atoms with Crippen molar-refractivity contribution in [3.63, 3.8) is 0 Å². The van der Waals surface area contributed by atoms with Gasteiger partial charge in [-0.15, -0.1) is 0 Å². The van der Waals surface area contributed by atoms with Crippen LogP contribution >= 0.6 is 0 Å². The van der Waals surface area contributed by atoms with Crippen LogP contribution in [0.25, 0.3) is 10.9 Å². The predicted octanol–water partition coefficient (Wildman–Crippen LogP) is 5.56. The van der Waals surface area contributed by atoms with Gasteiger partial charge in [0.15, 0.2) is 14.2 Å². The van der Waals surface area contributed by atoms with Crippen LogP contribution in [0.1, 0.15) is 53.5 Å². The van der Waals surface area contributed by atoms with E-state index < -0.39 is 26.1 Å². The van der Waals surface area contributed by atoms with Crippen molar-refractivity contribution in [1.82, 2.24) is 4.23 Å². The number of methoxy groups -OCH3 is 2. The second-order valence-electron chi connectivity index (χ2n) is 9.03. The minimum atomic E-state index is -1.93. The van der Waals surface area contributed by atoms with Gasteiger partial charge in [-0.1, -0.05) is 59.7 Å². The molecule has 1 aromatic heterocycles. The lowest BCUT2D eigenvalue weighted by atomic mass is 9.99. The Kier molecular flexibility index (Phi) is 7.91. The van der Waals surface area contributed by atoms with E-state index in [0.717, 1.165) is 0 Å². The summed E-state index contributed by atoms with van der Waals surface area (Å²) < 4.78 is 12.2. The van der Waals surface area contributed by atoms with Gasteiger partial charge in [-0.2, -0.15) is 0 Å². The second kappa shape index (κ2) is 9.82. The lowest BCUT2D eigenvalue weighted by Gasteiger charge is -2.44. The molecule has 2 rings (SSSR count). The second-order valence-corrected chi connectivity index (χ2v) is 14.8.